The molecule has 8 atom stereocenters. The van der Waals surface area contributed by atoms with E-state index in [9.17, 15) is 48.0 Å². The van der Waals surface area contributed by atoms with Crippen LogP contribution in [0, 0.1) is 11.8 Å². The molecule has 1 saturated heterocycles. The Morgan fingerprint density at radius 1 is 0.823 bits per heavy atom. The molecule has 3 rings (SSSR count). The van der Waals surface area contributed by atoms with Crippen molar-refractivity contribution in [3.63, 3.8) is 0 Å². The average molecular weight is 884 g/mol. The summed E-state index contributed by atoms with van der Waals surface area (Å²) in [5.41, 5.74) is 1.66. The molecule has 1 aliphatic heterocycles. The first-order valence-corrected chi connectivity index (χ1v) is 23.0. The van der Waals surface area contributed by atoms with Gasteiger partial charge in [-0.1, -0.05) is 76.6 Å². The number of phenolic OH excluding ortho intramolecular Hbond substituents is 1. The third-order valence-corrected chi connectivity index (χ3v) is 11.9. The van der Waals surface area contributed by atoms with Crippen LogP contribution < -0.4 is 31.9 Å². The lowest BCUT2D eigenvalue weighted by Gasteiger charge is -2.33. The van der Waals surface area contributed by atoms with Gasteiger partial charge in [0.15, 0.2) is 0 Å². The van der Waals surface area contributed by atoms with Gasteiger partial charge in [0.2, 0.25) is 29.5 Å². The molecule has 17 nitrogen and oxygen atoms in total. The van der Waals surface area contributed by atoms with E-state index in [1.807, 2.05) is 30.3 Å². The van der Waals surface area contributed by atoms with E-state index in [-0.39, 0.29) is 43.7 Å². The summed E-state index contributed by atoms with van der Waals surface area (Å²) in [6, 6.07) is 7.73. The minimum atomic E-state index is -1.31. The van der Waals surface area contributed by atoms with Crippen LogP contribution >= 0.6 is 0 Å². The Labute approximate surface area is 366 Å². The fourth-order valence-corrected chi connectivity index (χ4v) is 7.62. The molecule has 0 unspecified atom stereocenters. The third-order valence-electron chi connectivity index (χ3n) is 11.1. The zero-order valence-electron chi connectivity index (χ0n) is 36.6. The number of carbonyl (C=O) groups is 7. The molecule has 2 aromatic rings. The van der Waals surface area contributed by atoms with Gasteiger partial charge >= 0.3 is 12.0 Å². The lowest BCUT2D eigenvalue weighted by Crippen LogP contribution is -2.60. The maximum absolute atomic E-state index is 14.6. The molecule has 0 radical (unpaired) electrons. The number of likely N-dealkylation sites (N-methyl/N-ethyl adjacent to an activating group) is 1. The summed E-state index contributed by atoms with van der Waals surface area (Å²) in [5.74, 6) is -5.18. The van der Waals surface area contributed by atoms with Crippen molar-refractivity contribution in [2.24, 2.45) is 11.8 Å². The average Bonchev–Trinajstić information content (AvgIpc) is 3.23. The summed E-state index contributed by atoms with van der Waals surface area (Å²) in [7, 11) is 0.142. The van der Waals surface area contributed by atoms with Gasteiger partial charge in [0.1, 0.15) is 42.0 Å². The number of carbonyl (C=O) groups excluding carboxylic acids is 6. The molecule has 7 amide bonds. The van der Waals surface area contributed by atoms with Crippen molar-refractivity contribution in [1.82, 2.24) is 36.8 Å². The van der Waals surface area contributed by atoms with Crippen molar-refractivity contribution in [3.05, 3.63) is 65.7 Å². The Bertz CT molecular complexity index is 1850. The summed E-state index contributed by atoms with van der Waals surface area (Å²) < 4.78 is 12.2. The fourth-order valence-electron chi connectivity index (χ4n) is 7.05. The quantitative estimate of drug-likeness (QED) is 0.129. The van der Waals surface area contributed by atoms with Gasteiger partial charge in [-0.3, -0.25) is 28.2 Å². The number of nitrogens with zero attached hydrogens (tertiary/aromatic N) is 1. The largest absolute Gasteiger partial charge is 0.508 e. The third kappa shape index (κ3) is 16.4. The predicted molar refractivity (Wildman–Crippen MR) is 235 cm³/mol. The van der Waals surface area contributed by atoms with Crippen molar-refractivity contribution in [1.29, 1.82) is 0 Å². The number of rotatable bonds is 15. The van der Waals surface area contributed by atoms with Gasteiger partial charge in [0.05, 0.1) is 0 Å². The summed E-state index contributed by atoms with van der Waals surface area (Å²) in [6.45, 7) is 6.99. The van der Waals surface area contributed by atoms with Gasteiger partial charge in [-0.15, -0.1) is 0 Å². The van der Waals surface area contributed by atoms with Gasteiger partial charge in [0.25, 0.3) is 0 Å². The SMILES string of the molecule is CC[C@@H](C)[C@H](NC(=O)N[C@@H]1CCCCNC(=O)[C@H](CC[S@](C)=O)NC(=O)[C@@H](CCc2ccc(O)cc2)N(C)C(=O)[C@@H](CCc2ccccc2)NC(=O)[C@@H](C(C)C)NC1=O)C(=O)O. The minimum absolute atomic E-state index is 0.0324. The molecule has 2 aromatic carbocycles. The van der Waals surface area contributed by atoms with Gasteiger partial charge in [-0.2, -0.15) is 0 Å². The van der Waals surface area contributed by atoms with Crippen LogP contribution in [-0.4, -0.2) is 123 Å². The van der Waals surface area contributed by atoms with Crippen LogP contribution in [-0.2, 0) is 52.4 Å². The minimum Gasteiger partial charge on any atom is -0.508 e. The number of amides is 7. The zero-order valence-corrected chi connectivity index (χ0v) is 37.4. The lowest BCUT2D eigenvalue weighted by atomic mass is 9.98. The molecular formula is C44H65N7O10S. The highest BCUT2D eigenvalue weighted by Crippen LogP contribution is 2.18. The Morgan fingerprint density at radius 3 is 2.06 bits per heavy atom. The van der Waals surface area contributed by atoms with E-state index in [4.69, 9.17) is 0 Å². The molecule has 1 fully saturated rings. The maximum atomic E-state index is 14.6. The molecule has 18 heteroatoms. The molecule has 0 bridgehead atoms. The Balaban J connectivity index is 2.06. The van der Waals surface area contributed by atoms with Crippen LogP contribution in [0.4, 0.5) is 4.79 Å². The second-order valence-corrected chi connectivity index (χ2v) is 17.8. The van der Waals surface area contributed by atoms with Crippen molar-refractivity contribution in [2.75, 3.05) is 25.6 Å². The Hall–Kier alpha value is -5.52. The van der Waals surface area contributed by atoms with Crippen molar-refractivity contribution < 1.29 is 48.0 Å². The zero-order chi connectivity index (χ0) is 45.9. The number of benzene rings is 2. The normalized spacial score (nSPS) is 22.7. The molecule has 0 spiro atoms. The highest BCUT2D eigenvalue weighted by atomic mass is 32.2. The Morgan fingerprint density at radius 2 is 1.45 bits per heavy atom. The molecule has 0 saturated carbocycles. The number of nitrogens with one attached hydrogen (secondary N) is 6. The van der Waals surface area contributed by atoms with Crippen LogP contribution in [0.15, 0.2) is 54.6 Å². The van der Waals surface area contributed by atoms with E-state index < -0.39 is 100 Å². The molecule has 1 aliphatic rings. The molecular weight excluding hydrogens is 819 g/mol. The molecule has 0 aliphatic carbocycles. The van der Waals surface area contributed by atoms with Crippen LogP contribution in [0.5, 0.6) is 5.75 Å². The molecule has 1 heterocycles. The highest BCUT2D eigenvalue weighted by Gasteiger charge is 2.37. The number of aromatic hydroxyl groups is 1. The van der Waals surface area contributed by atoms with E-state index in [1.165, 1.54) is 30.3 Å². The monoisotopic (exact) mass is 883 g/mol. The van der Waals surface area contributed by atoms with Gasteiger partial charge in [0, 0.05) is 36.4 Å². The van der Waals surface area contributed by atoms with E-state index >= 15 is 0 Å². The number of hydrogen-bond donors (Lipinski definition) is 8. The van der Waals surface area contributed by atoms with E-state index in [2.05, 4.69) is 31.9 Å². The number of aliphatic carboxylic acids is 1. The number of urea groups is 1. The van der Waals surface area contributed by atoms with Crippen LogP contribution in [0.2, 0.25) is 0 Å². The number of phenols is 1. The molecule has 8 N–H and O–H groups in total. The van der Waals surface area contributed by atoms with Crippen molar-refractivity contribution in [2.45, 2.75) is 122 Å². The molecule has 62 heavy (non-hydrogen) atoms. The summed E-state index contributed by atoms with van der Waals surface area (Å²) in [6.07, 6.45) is 3.52. The standard InChI is InChI=1S/C44H65N7O10S/c1-7-28(4)37(43(58)59)50-44(60)48-32-15-11-12-25-45-38(53)33(24-26-62(6)61)46-40(55)35(23-19-30-16-20-31(52)21-17-30)51(5)42(57)34(22-18-29-13-9-8-10-14-29)47-41(56)36(27(2)3)49-39(32)54/h8-10,13-14,16-17,20-21,27-28,32-37,52H,7,11-12,15,18-19,22-26H2,1-6H3,(H,45,53)(H,46,55)(H,47,56)(H,49,54)(H,58,59)(H2,48,50,60)/t28-,32-,33+,34-,35-,36-,37+,62+/m1/s1. The van der Waals surface area contributed by atoms with E-state index in [0.29, 0.717) is 32.1 Å². The summed E-state index contributed by atoms with van der Waals surface area (Å²) in [4.78, 5) is 97.2. The first-order valence-electron chi connectivity index (χ1n) is 21.3. The van der Waals surface area contributed by atoms with Crippen molar-refractivity contribution >= 4 is 52.3 Å². The number of aryl methyl sites for hydroxylation is 2. The first-order chi connectivity index (χ1) is 29.4. The summed E-state index contributed by atoms with van der Waals surface area (Å²) in [5, 5.41) is 35.8. The Kier molecular flexibility index (Phi) is 20.8. The highest BCUT2D eigenvalue weighted by molar-refractivity contribution is 7.84. The van der Waals surface area contributed by atoms with Gasteiger partial charge in [-0.05, 0) is 86.5 Å². The van der Waals surface area contributed by atoms with Crippen LogP contribution in [0.1, 0.15) is 83.8 Å². The predicted octanol–water partition coefficient (Wildman–Crippen LogP) is 2.13. The van der Waals surface area contributed by atoms with Gasteiger partial charge in [-0.25, -0.2) is 9.59 Å². The number of carboxylic acids is 1. The fraction of sp³-hybridized carbons (Fsp3) is 0.568. The van der Waals surface area contributed by atoms with Crippen LogP contribution in [0.3, 0.4) is 0 Å². The number of carboxylic acid groups (broad SMARTS) is 1. The van der Waals surface area contributed by atoms with Crippen molar-refractivity contribution in [3.8, 4) is 5.75 Å². The van der Waals surface area contributed by atoms with Gasteiger partial charge < -0.3 is 47.0 Å². The summed E-state index contributed by atoms with van der Waals surface area (Å²) >= 11 is 0. The van der Waals surface area contributed by atoms with E-state index in [0.717, 1.165) is 11.1 Å². The first kappa shape index (κ1) is 50.8. The molecule has 0 aromatic heterocycles. The smallest absolute Gasteiger partial charge is 0.326 e. The molecule has 342 valence electrons. The number of hydrogen-bond acceptors (Lipinski definition) is 9. The van der Waals surface area contributed by atoms with Crippen LogP contribution in [0.25, 0.3) is 0 Å². The second kappa shape index (κ2) is 25.4. The lowest BCUT2D eigenvalue weighted by molar-refractivity contribution is -0.143. The second-order valence-electron chi connectivity index (χ2n) is 16.3. The topological polar surface area (TPSA) is 252 Å². The van der Waals surface area contributed by atoms with E-state index in [1.54, 1.807) is 39.8 Å². The maximum Gasteiger partial charge on any atom is 0.326 e.